The van der Waals surface area contributed by atoms with Crippen molar-refractivity contribution in [2.75, 3.05) is 18.7 Å². The summed E-state index contributed by atoms with van der Waals surface area (Å²) < 4.78 is 25.9. The molecular formula is C25H21ClFN5O4. The summed E-state index contributed by atoms with van der Waals surface area (Å²) in [5.41, 5.74) is 2.37. The van der Waals surface area contributed by atoms with Gasteiger partial charge in [0, 0.05) is 35.9 Å². The van der Waals surface area contributed by atoms with Crippen molar-refractivity contribution in [1.29, 1.82) is 0 Å². The van der Waals surface area contributed by atoms with Crippen LogP contribution in [0.4, 0.5) is 16.0 Å². The molecule has 0 unspecified atom stereocenters. The zero-order valence-electron chi connectivity index (χ0n) is 19.0. The Morgan fingerprint density at radius 3 is 2.86 bits per heavy atom. The SMILES string of the molecule is Cc1cnc(Nc2ccc3c(c2)OCO3)nc1-n1ccc(C(=O)N[C@H](CO)c2ccc(F)c(Cl)c2)c1. The molecule has 0 saturated heterocycles. The van der Waals surface area contributed by atoms with Gasteiger partial charge < -0.3 is 29.8 Å². The fraction of sp³-hybridized carbons (Fsp3) is 0.160. The standard InChI is InChI=1S/C25H21ClFN5O4/c1-14-10-28-25(29-17-3-5-21-22(9-17)36-13-35-21)31-23(14)32-7-6-16(11-32)24(34)30-20(12-33)15-2-4-19(27)18(26)8-15/h2-11,20,33H,12-13H2,1H3,(H,30,34)(H,28,29,31)/t20-/m1/s1. The van der Waals surface area contributed by atoms with Crippen molar-refractivity contribution < 1.29 is 23.8 Å². The molecular weight excluding hydrogens is 489 g/mol. The number of hydrogen-bond donors (Lipinski definition) is 3. The molecule has 36 heavy (non-hydrogen) atoms. The van der Waals surface area contributed by atoms with Crippen molar-refractivity contribution in [3.63, 3.8) is 0 Å². The first-order valence-electron chi connectivity index (χ1n) is 11.0. The summed E-state index contributed by atoms with van der Waals surface area (Å²) in [5, 5.41) is 15.6. The molecule has 0 radical (unpaired) electrons. The first kappa shape index (κ1) is 23.6. The van der Waals surface area contributed by atoms with Gasteiger partial charge in [-0.2, -0.15) is 4.98 Å². The van der Waals surface area contributed by atoms with Crippen LogP contribution in [0, 0.1) is 12.7 Å². The molecule has 9 nitrogen and oxygen atoms in total. The summed E-state index contributed by atoms with van der Waals surface area (Å²) in [4.78, 5) is 21.8. The highest BCUT2D eigenvalue weighted by Gasteiger charge is 2.18. The van der Waals surface area contributed by atoms with Gasteiger partial charge in [-0.25, -0.2) is 9.37 Å². The predicted molar refractivity (Wildman–Crippen MR) is 131 cm³/mol. The molecule has 11 heteroatoms. The van der Waals surface area contributed by atoms with Crippen LogP contribution in [0.1, 0.15) is 27.5 Å². The van der Waals surface area contributed by atoms with Gasteiger partial charge in [-0.15, -0.1) is 0 Å². The number of anilines is 2. The van der Waals surface area contributed by atoms with Crippen LogP contribution < -0.4 is 20.1 Å². The van der Waals surface area contributed by atoms with Crippen molar-refractivity contribution >= 4 is 29.1 Å². The summed E-state index contributed by atoms with van der Waals surface area (Å²) in [6.45, 7) is 1.66. The minimum absolute atomic E-state index is 0.0873. The molecule has 2 aromatic heterocycles. The summed E-state index contributed by atoms with van der Waals surface area (Å²) in [5.74, 6) is 1.26. The Morgan fingerprint density at radius 2 is 2.06 bits per heavy atom. The molecule has 1 amide bonds. The van der Waals surface area contributed by atoms with Crippen LogP contribution in [-0.4, -0.2) is 38.9 Å². The molecule has 3 heterocycles. The molecule has 3 N–H and O–H groups in total. The Morgan fingerprint density at radius 1 is 1.22 bits per heavy atom. The highest BCUT2D eigenvalue weighted by atomic mass is 35.5. The van der Waals surface area contributed by atoms with Crippen LogP contribution in [0.25, 0.3) is 5.82 Å². The quantitative estimate of drug-likeness (QED) is 0.340. The van der Waals surface area contributed by atoms with E-state index in [4.69, 9.17) is 21.1 Å². The van der Waals surface area contributed by atoms with Crippen LogP contribution in [0.5, 0.6) is 11.5 Å². The molecule has 1 aliphatic heterocycles. The van der Waals surface area contributed by atoms with Crippen LogP contribution in [-0.2, 0) is 0 Å². The zero-order valence-corrected chi connectivity index (χ0v) is 19.8. The molecule has 2 aromatic carbocycles. The number of carbonyl (C=O) groups excluding carboxylic acids is 1. The zero-order chi connectivity index (χ0) is 25.2. The second-order valence-corrected chi connectivity index (χ2v) is 8.49. The molecule has 1 atom stereocenters. The summed E-state index contributed by atoms with van der Waals surface area (Å²) >= 11 is 5.84. The van der Waals surface area contributed by atoms with Crippen LogP contribution in [0.3, 0.4) is 0 Å². The molecule has 0 aliphatic carbocycles. The second kappa shape index (κ2) is 9.84. The number of nitrogens with zero attached hydrogens (tertiary/aromatic N) is 3. The number of benzene rings is 2. The first-order valence-corrected chi connectivity index (χ1v) is 11.3. The van der Waals surface area contributed by atoms with Crippen molar-refractivity contribution in [2.45, 2.75) is 13.0 Å². The van der Waals surface area contributed by atoms with Gasteiger partial charge >= 0.3 is 0 Å². The van der Waals surface area contributed by atoms with E-state index in [1.165, 1.54) is 18.2 Å². The summed E-state index contributed by atoms with van der Waals surface area (Å²) in [7, 11) is 0. The average Bonchev–Trinajstić information content (AvgIpc) is 3.55. The number of hydrogen-bond acceptors (Lipinski definition) is 7. The molecule has 0 spiro atoms. The van der Waals surface area contributed by atoms with Gasteiger partial charge in [-0.05, 0) is 42.8 Å². The minimum Gasteiger partial charge on any atom is -0.454 e. The molecule has 0 bridgehead atoms. The average molecular weight is 510 g/mol. The lowest BCUT2D eigenvalue weighted by molar-refractivity contribution is 0.0916. The molecule has 4 aromatic rings. The third-order valence-corrected chi connectivity index (χ3v) is 5.90. The van der Waals surface area contributed by atoms with Crippen LogP contribution in [0.15, 0.2) is 61.1 Å². The lowest BCUT2D eigenvalue weighted by Gasteiger charge is -2.17. The van der Waals surface area contributed by atoms with E-state index in [0.29, 0.717) is 34.4 Å². The van der Waals surface area contributed by atoms with Crippen molar-refractivity contribution in [2.24, 2.45) is 0 Å². The fourth-order valence-electron chi connectivity index (χ4n) is 3.73. The lowest BCUT2D eigenvalue weighted by Crippen LogP contribution is -2.30. The molecule has 1 aliphatic rings. The number of rotatable bonds is 7. The monoisotopic (exact) mass is 509 g/mol. The second-order valence-electron chi connectivity index (χ2n) is 8.08. The lowest BCUT2D eigenvalue weighted by atomic mass is 10.1. The fourth-order valence-corrected chi connectivity index (χ4v) is 3.91. The van der Waals surface area contributed by atoms with Gasteiger partial charge in [0.25, 0.3) is 5.91 Å². The van der Waals surface area contributed by atoms with E-state index in [-0.39, 0.29) is 18.4 Å². The maximum Gasteiger partial charge on any atom is 0.253 e. The number of nitrogens with one attached hydrogen (secondary N) is 2. The summed E-state index contributed by atoms with van der Waals surface area (Å²) in [6.07, 6.45) is 5.01. The van der Waals surface area contributed by atoms with Crippen LogP contribution in [0.2, 0.25) is 5.02 Å². The molecule has 5 rings (SSSR count). The van der Waals surface area contributed by atoms with Crippen molar-refractivity contribution in [3.8, 4) is 17.3 Å². The van der Waals surface area contributed by atoms with E-state index < -0.39 is 17.8 Å². The third kappa shape index (κ3) is 4.81. The maximum atomic E-state index is 13.5. The van der Waals surface area contributed by atoms with Crippen molar-refractivity contribution in [1.82, 2.24) is 19.9 Å². The van der Waals surface area contributed by atoms with E-state index >= 15 is 0 Å². The molecule has 0 fully saturated rings. The van der Waals surface area contributed by atoms with E-state index in [9.17, 15) is 14.3 Å². The van der Waals surface area contributed by atoms with Gasteiger partial charge in [-0.1, -0.05) is 17.7 Å². The van der Waals surface area contributed by atoms with Gasteiger partial charge in [-0.3, -0.25) is 4.79 Å². The topological polar surface area (TPSA) is 111 Å². The van der Waals surface area contributed by atoms with Crippen molar-refractivity contribution in [3.05, 3.63) is 88.6 Å². The number of ether oxygens (including phenoxy) is 2. The Hall–Kier alpha value is -4.15. The Labute approximate surface area is 210 Å². The Bertz CT molecular complexity index is 1440. The minimum atomic E-state index is -0.753. The maximum absolute atomic E-state index is 13.5. The van der Waals surface area contributed by atoms with Crippen LogP contribution >= 0.6 is 11.6 Å². The van der Waals surface area contributed by atoms with Gasteiger partial charge in [0.05, 0.1) is 23.2 Å². The highest BCUT2D eigenvalue weighted by Crippen LogP contribution is 2.35. The normalized spacial score (nSPS) is 12.9. The highest BCUT2D eigenvalue weighted by molar-refractivity contribution is 6.30. The van der Waals surface area contributed by atoms with E-state index in [1.54, 1.807) is 41.4 Å². The Balaban J connectivity index is 1.33. The number of aromatic nitrogens is 3. The molecule has 0 saturated carbocycles. The number of amides is 1. The third-order valence-electron chi connectivity index (χ3n) is 5.61. The van der Waals surface area contributed by atoms with Gasteiger partial charge in [0.2, 0.25) is 12.7 Å². The van der Waals surface area contributed by atoms with Gasteiger partial charge in [0.1, 0.15) is 11.6 Å². The number of aryl methyl sites for hydroxylation is 1. The van der Waals surface area contributed by atoms with Gasteiger partial charge in [0.15, 0.2) is 11.5 Å². The molecule has 184 valence electrons. The predicted octanol–water partition coefficient (Wildman–Crippen LogP) is 4.30. The largest absolute Gasteiger partial charge is 0.454 e. The number of halogens is 2. The number of carbonyl (C=O) groups is 1. The summed E-state index contributed by atoms with van der Waals surface area (Å²) in [6, 6.07) is 10.3. The number of aliphatic hydroxyl groups is 1. The van der Waals surface area contributed by atoms with E-state index in [0.717, 1.165) is 11.3 Å². The van der Waals surface area contributed by atoms with E-state index in [2.05, 4.69) is 20.6 Å². The first-order chi connectivity index (χ1) is 17.4. The number of aliphatic hydroxyl groups excluding tert-OH is 1. The smallest absolute Gasteiger partial charge is 0.253 e. The van der Waals surface area contributed by atoms with E-state index in [1.807, 2.05) is 13.0 Å². The Kier molecular flexibility index (Phi) is 6.45. The number of fused-ring (bicyclic) bond motifs is 1.